The molecule has 0 amide bonds. The molecular formula is C25H30Cl2N6O3. The van der Waals surface area contributed by atoms with Crippen LogP contribution in [0, 0.1) is 12.8 Å². The van der Waals surface area contributed by atoms with Crippen molar-refractivity contribution >= 4 is 46.2 Å². The number of aromatic nitrogens is 4. The first-order valence-electron chi connectivity index (χ1n) is 12.3. The molecule has 2 aliphatic heterocycles. The number of aliphatic carboxylic acids is 1. The standard InChI is InChI=1S/C25H30Cl2N6O3/c1-14-23-24(33(30-14)15(2)18-6-5-16(26)10-20(18)27)29-22(11-28-23)31-9-7-21(19(12-31)25(35)36)32-8-3-4-17(32)13-34/h5-6,10-11,15,17,19,21,34H,3-4,7-9,12-13H2,1-2H3,(H,35,36)/t15-,17?,19?,21?/m1/s1. The third-order valence-corrected chi connectivity index (χ3v) is 8.18. The van der Waals surface area contributed by atoms with E-state index in [4.69, 9.17) is 33.3 Å². The Labute approximate surface area is 219 Å². The largest absolute Gasteiger partial charge is 0.481 e. The van der Waals surface area contributed by atoms with Crippen molar-refractivity contribution in [2.75, 3.05) is 31.1 Å². The summed E-state index contributed by atoms with van der Waals surface area (Å²) in [7, 11) is 0. The summed E-state index contributed by atoms with van der Waals surface area (Å²) in [5, 5.41) is 25.6. The van der Waals surface area contributed by atoms with Crippen molar-refractivity contribution < 1.29 is 15.0 Å². The van der Waals surface area contributed by atoms with Crippen molar-refractivity contribution in [3.8, 4) is 0 Å². The van der Waals surface area contributed by atoms with E-state index in [1.165, 1.54) is 0 Å². The lowest BCUT2D eigenvalue weighted by Crippen LogP contribution is -2.55. The second-order valence-electron chi connectivity index (χ2n) is 9.74. The van der Waals surface area contributed by atoms with E-state index >= 15 is 0 Å². The molecule has 4 atom stereocenters. The van der Waals surface area contributed by atoms with Crippen molar-refractivity contribution in [1.82, 2.24) is 24.6 Å². The number of carboxylic acid groups (broad SMARTS) is 1. The Hall–Kier alpha value is -2.46. The minimum Gasteiger partial charge on any atom is -0.481 e. The second-order valence-corrected chi connectivity index (χ2v) is 10.6. The zero-order chi connectivity index (χ0) is 25.6. The van der Waals surface area contributed by atoms with Crippen molar-refractivity contribution in [1.29, 1.82) is 0 Å². The van der Waals surface area contributed by atoms with Gasteiger partial charge in [0.2, 0.25) is 0 Å². The van der Waals surface area contributed by atoms with Gasteiger partial charge >= 0.3 is 5.97 Å². The van der Waals surface area contributed by atoms with Crippen LogP contribution in [0.2, 0.25) is 10.0 Å². The molecule has 0 saturated carbocycles. The summed E-state index contributed by atoms with van der Waals surface area (Å²) >= 11 is 12.6. The summed E-state index contributed by atoms with van der Waals surface area (Å²) in [6, 6.07) is 5.12. The van der Waals surface area contributed by atoms with Crippen LogP contribution in [0.25, 0.3) is 11.2 Å². The molecule has 5 rings (SSSR count). The minimum absolute atomic E-state index is 0.0399. The van der Waals surface area contributed by atoms with Crippen LogP contribution >= 0.6 is 23.2 Å². The van der Waals surface area contributed by atoms with Crippen LogP contribution in [-0.2, 0) is 4.79 Å². The number of aliphatic hydroxyl groups is 1. The van der Waals surface area contributed by atoms with Crippen LogP contribution in [0.4, 0.5) is 5.82 Å². The van der Waals surface area contributed by atoms with E-state index in [0.29, 0.717) is 46.5 Å². The Morgan fingerprint density at radius 3 is 2.78 bits per heavy atom. The fraction of sp³-hybridized carbons (Fsp3) is 0.520. The predicted octanol–water partition coefficient (Wildman–Crippen LogP) is 3.79. The molecule has 1 aromatic carbocycles. The number of nitrogens with zero attached hydrogens (tertiary/aromatic N) is 6. The quantitative estimate of drug-likeness (QED) is 0.493. The summed E-state index contributed by atoms with van der Waals surface area (Å²) < 4.78 is 1.81. The number of halogens is 2. The Kier molecular flexibility index (Phi) is 7.09. The zero-order valence-corrected chi connectivity index (χ0v) is 21.8. The van der Waals surface area contributed by atoms with Gasteiger partial charge in [-0.15, -0.1) is 0 Å². The number of carbonyl (C=O) groups is 1. The predicted molar refractivity (Wildman–Crippen MR) is 139 cm³/mol. The first kappa shape index (κ1) is 25.2. The summed E-state index contributed by atoms with van der Waals surface area (Å²) in [6.07, 6.45) is 4.28. The maximum Gasteiger partial charge on any atom is 0.309 e. The molecule has 3 aromatic rings. The minimum atomic E-state index is -0.825. The van der Waals surface area contributed by atoms with Crippen molar-refractivity contribution in [3.63, 3.8) is 0 Å². The van der Waals surface area contributed by atoms with Crippen LogP contribution < -0.4 is 4.90 Å². The average Bonchev–Trinajstić information content (AvgIpc) is 3.47. The van der Waals surface area contributed by atoms with Gasteiger partial charge in [-0.2, -0.15) is 5.10 Å². The molecule has 0 bridgehead atoms. The average molecular weight is 533 g/mol. The van der Waals surface area contributed by atoms with Crippen LogP contribution in [0.5, 0.6) is 0 Å². The molecule has 9 nitrogen and oxygen atoms in total. The number of carboxylic acids is 1. The number of hydrogen-bond acceptors (Lipinski definition) is 7. The van der Waals surface area contributed by atoms with E-state index in [1.807, 2.05) is 29.5 Å². The van der Waals surface area contributed by atoms with E-state index in [9.17, 15) is 15.0 Å². The van der Waals surface area contributed by atoms with Crippen LogP contribution in [0.3, 0.4) is 0 Å². The van der Waals surface area contributed by atoms with Gasteiger partial charge in [-0.1, -0.05) is 29.3 Å². The highest BCUT2D eigenvalue weighted by Crippen LogP contribution is 2.33. The fourth-order valence-electron chi connectivity index (χ4n) is 5.71. The lowest BCUT2D eigenvalue weighted by Gasteiger charge is -2.43. The number of anilines is 1. The van der Waals surface area contributed by atoms with Gasteiger partial charge in [-0.3, -0.25) is 9.69 Å². The molecule has 2 fully saturated rings. The molecule has 2 saturated heterocycles. The number of likely N-dealkylation sites (tertiary alicyclic amines) is 1. The summed E-state index contributed by atoms with van der Waals surface area (Å²) in [4.78, 5) is 26.0. The molecular weight excluding hydrogens is 503 g/mol. The highest BCUT2D eigenvalue weighted by Gasteiger charge is 2.42. The highest BCUT2D eigenvalue weighted by atomic mass is 35.5. The molecule has 2 aliphatic rings. The normalized spacial score (nSPS) is 23.9. The fourth-order valence-corrected chi connectivity index (χ4v) is 6.28. The lowest BCUT2D eigenvalue weighted by molar-refractivity contribution is -0.144. The molecule has 0 spiro atoms. The third kappa shape index (κ3) is 4.53. The third-order valence-electron chi connectivity index (χ3n) is 7.62. The van der Waals surface area contributed by atoms with Crippen molar-refractivity contribution in [2.24, 2.45) is 5.92 Å². The van der Waals surface area contributed by atoms with Gasteiger partial charge in [-0.05, 0) is 57.4 Å². The SMILES string of the molecule is Cc1nn([C@H](C)c2ccc(Cl)cc2Cl)c2nc(N3CCC(N4CCCC4CO)C(C(=O)O)C3)cnc12. The number of fused-ring (bicyclic) bond motifs is 1. The number of aryl methyl sites for hydroxylation is 1. The van der Waals surface area contributed by atoms with E-state index in [2.05, 4.69) is 9.88 Å². The smallest absolute Gasteiger partial charge is 0.309 e. The maximum absolute atomic E-state index is 12.3. The molecule has 2 N–H and O–H groups in total. The first-order chi connectivity index (χ1) is 17.3. The van der Waals surface area contributed by atoms with E-state index in [-0.39, 0.29) is 24.7 Å². The van der Waals surface area contributed by atoms with Gasteiger partial charge in [0.05, 0.1) is 30.5 Å². The molecule has 0 radical (unpaired) electrons. The van der Waals surface area contributed by atoms with E-state index in [0.717, 1.165) is 30.6 Å². The number of hydrogen-bond donors (Lipinski definition) is 2. The van der Waals surface area contributed by atoms with Crippen LogP contribution in [0.15, 0.2) is 24.4 Å². The number of rotatable bonds is 6. The first-order valence-corrected chi connectivity index (χ1v) is 13.0. The molecule has 0 aliphatic carbocycles. The molecule has 3 unspecified atom stereocenters. The topological polar surface area (TPSA) is 108 Å². The Morgan fingerprint density at radius 2 is 2.06 bits per heavy atom. The van der Waals surface area contributed by atoms with Crippen LogP contribution in [0.1, 0.15) is 43.5 Å². The molecule has 2 aromatic heterocycles. The van der Waals surface area contributed by atoms with Gasteiger partial charge in [0.25, 0.3) is 0 Å². The monoisotopic (exact) mass is 532 g/mol. The maximum atomic E-state index is 12.3. The van der Waals surface area contributed by atoms with Gasteiger partial charge in [0.15, 0.2) is 5.65 Å². The van der Waals surface area contributed by atoms with Crippen LogP contribution in [-0.4, -0.2) is 79.2 Å². The second kappa shape index (κ2) is 10.1. The van der Waals surface area contributed by atoms with E-state index in [1.54, 1.807) is 18.3 Å². The van der Waals surface area contributed by atoms with Gasteiger partial charge in [0, 0.05) is 35.2 Å². The highest BCUT2D eigenvalue weighted by molar-refractivity contribution is 6.35. The molecule has 4 heterocycles. The zero-order valence-electron chi connectivity index (χ0n) is 20.3. The summed E-state index contributed by atoms with van der Waals surface area (Å²) in [5.74, 6) is -0.779. The van der Waals surface area contributed by atoms with Gasteiger partial charge in [0.1, 0.15) is 11.3 Å². The Bertz CT molecular complexity index is 1280. The Balaban J connectivity index is 1.45. The summed E-state index contributed by atoms with van der Waals surface area (Å²) in [5.41, 5.74) is 2.95. The number of benzene rings is 1. The van der Waals surface area contributed by atoms with E-state index < -0.39 is 11.9 Å². The Morgan fingerprint density at radius 1 is 1.25 bits per heavy atom. The molecule has 192 valence electrons. The summed E-state index contributed by atoms with van der Waals surface area (Å²) in [6.45, 7) is 5.77. The lowest BCUT2D eigenvalue weighted by atomic mass is 9.90. The van der Waals surface area contributed by atoms with Crippen molar-refractivity contribution in [3.05, 3.63) is 45.7 Å². The number of aliphatic hydroxyl groups excluding tert-OH is 1. The van der Waals surface area contributed by atoms with Gasteiger partial charge < -0.3 is 15.1 Å². The van der Waals surface area contributed by atoms with Gasteiger partial charge in [-0.25, -0.2) is 14.6 Å². The van der Waals surface area contributed by atoms with Crippen molar-refractivity contribution in [2.45, 2.75) is 51.2 Å². The molecule has 36 heavy (non-hydrogen) atoms. The molecule has 11 heteroatoms. The number of piperidine rings is 1.